The smallest absolute Gasteiger partial charge is 0.171 e. The minimum atomic E-state index is -0.869. The molecule has 0 aromatic heterocycles. The normalized spacial score (nSPS) is 26.3. The van der Waals surface area contributed by atoms with Gasteiger partial charge < -0.3 is 25.6 Å². The Morgan fingerprint density at radius 3 is 2.57 bits per heavy atom. The van der Waals surface area contributed by atoms with Crippen LogP contribution in [-0.2, 0) is 15.9 Å². The van der Waals surface area contributed by atoms with E-state index in [-0.39, 0.29) is 12.5 Å². The van der Waals surface area contributed by atoms with E-state index in [1.165, 1.54) is 12.1 Å². The van der Waals surface area contributed by atoms with Crippen molar-refractivity contribution < 1.29 is 23.4 Å². The molecule has 2 aliphatic rings. The summed E-state index contributed by atoms with van der Waals surface area (Å²) in [6.45, 7) is 1.76. The minimum absolute atomic E-state index is 0.183. The molecule has 3 atom stereocenters. The van der Waals surface area contributed by atoms with Crippen molar-refractivity contribution in [3.8, 4) is 0 Å². The number of hydrogen-bond acceptors (Lipinski definition) is 5. The van der Waals surface area contributed by atoms with Gasteiger partial charge >= 0.3 is 0 Å². The lowest BCUT2D eigenvalue weighted by Gasteiger charge is -2.40. The van der Waals surface area contributed by atoms with Crippen LogP contribution in [0.4, 0.5) is 8.78 Å². The Balaban J connectivity index is 1.63. The van der Waals surface area contributed by atoms with E-state index in [9.17, 15) is 13.9 Å². The van der Waals surface area contributed by atoms with Crippen LogP contribution in [0.1, 0.15) is 18.4 Å². The van der Waals surface area contributed by atoms with Gasteiger partial charge in [-0.05, 0) is 24.1 Å². The number of piperidine rings is 1. The molecular weight excluding hydrogens is 306 g/mol. The average Bonchev–Trinajstić information content (AvgIpc) is 2.93. The molecule has 5 nitrogen and oxygen atoms in total. The Labute approximate surface area is 133 Å². The van der Waals surface area contributed by atoms with Crippen LogP contribution in [-0.4, -0.2) is 48.8 Å². The zero-order chi connectivity index (χ0) is 16.4. The third-order valence-corrected chi connectivity index (χ3v) is 4.50. The zero-order valence-corrected chi connectivity index (χ0v) is 12.8. The number of halogens is 2. The molecule has 0 radical (unpaired) electrons. The second kappa shape index (κ2) is 6.78. The van der Waals surface area contributed by atoms with E-state index in [0.717, 1.165) is 12.5 Å². The van der Waals surface area contributed by atoms with Crippen LogP contribution in [0.15, 0.2) is 18.2 Å². The Morgan fingerprint density at radius 1 is 1.26 bits per heavy atom. The van der Waals surface area contributed by atoms with Crippen LogP contribution in [0.2, 0.25) is 0 Å². The molecular formula is C16H22F2N2O3. The first kappa shape index (κ1) is 16.7. The van der Waals surface area contributed by atoms with Crippen molar-refractivity contribution in [2.45, 2.75) is 43.2 Å². The van der Waals surface area contributed by atoms with E-state index in [2.05, 4.69) is 5.32 Å². The van der Waals surface area contributed by atoms with E-state index < -0.39 is 29.6 Å². The number of aliphatic hydroxyl groups excluding tert-OH is 1. The van der Waals surface area contributed by atoms with Gasteiger partial charge in [0.15, 0.2) is 5.79 Å². The summed E-state index contributed by atoms with van der Waals surface area (Å²) < 4.78 is 37.8. The molecule has 7 heteroatoms. The largest absolute Gasteiger partial charge is 0.390 e. The lowest BCUT2D eigenvalue weighted by atomic mass is 9.89. The maximum Gasteiger partial charge on any atom is 0.171 e. The molecule has 0 bridgehead atoms. The number of nitrogens with one attached hydrogen (secondary N) is 1. The summed E-state index contributed by atoms with van der Waals surface area (Å²) in [5, 5.41) is 13.7. The Kier molecular flexibility index (Phi) is 4.93. The lowest BCUT2D eigenvalue weighted by molar-refractivity contribution is -0.186. The molecule has 4 N–H and O–H groups in total. The van der Waals surface area contributed by atoms with Gasteiger partial charge in [-0.3, -0.25) is 0 Å². The lowest BCUT2D eigenvalue weighted by Crippen LogP contribution is -2.58. The van der Waals surface area contributed by atoms with Gasteiger partial charge in [0.25, 0.3) is 0 Å². The number of ether oxygens (including phenoxy) is 2. The van der Waals surface area contributed by atoms with E-state index in [0.29, 0.717) is 31.7 Å². The van der Waals surface area contributed by atoms with E-state index in [1.54, 1.807) is 0 Å². The molecule has 0 amide bonds. The van der Waals surface area contributed by atoms with Crippen LogP contribution in [0.25, 0.3) is 0 Å². The van der Waals surface area contributed by atoms with Gasteiger partial charge in [0.05, 0.1) is 19.3 Å². The van der Waals surface area contributed by atoms with Gasteiger partial charge in [-0.2, -0.15) is 0 Å². The topological polar surface area (TPSA) is 76.7 Å². The van der Waals surface area contributed by atoms with Gasteiger partial charge in [-0.15, -0.1) is 0 Å². The summed E-state index contributed by atoms with van der Waals surface area (Å²) in [6, 6.07) is 2.34. The number of benzene rings is 1. The van der Waals surface area contributed by atoms with Crippen LogP contribution < -0.4 is 11.1 Å². The van der Waals surface area contributed by atoms with E-state index in [1.807, 2.05) is 0 Å². The van der Waals surface area contributed by atoms with Crippen molar-refractivity contribution in [1.29, 1.82) is 0 Å². The minimum Gasteiger partial charge on any atom is -0.390 e. The first-order valence-corrected chi connectivity index (χ1v) is 7.87. The second-order valence-electron chi connectivity index (χ2n) is 6.26. The van der Waals surface area contributed by atoms with Crippen molar-refractivity contribution >= 4 is 0 Å². The third-order valence-electron chi connectivity index (χ3n) is 4.50. The molecule has 3 rings (SSSR count). The predicted molar refractivity (Wildman–Crippen MR) is 79.7 cm³/mol. The molecule has 2 heterocycles. The highest BCUT2D eigenvalue weighted by Gasteiger charge is 2.44. The first-order chi connectivity index (χ1) is 11.0. The highest BCUT2D eigenvalue weighted by Crippen LogP contribution is 2.32. The standard InChI is InChI=1S/C16H22F2N2O3/c17-11-5-10(6-12(18)8-11)7-13(19)15(21)14-9-16(1-2-20-14)22-3-4-23-16/h5-6,8,13-15,20-21H,1-4,7,9,19H2. The highest BCUT2D eigenvalue weighted by molar-refractivity contribution is 5.19. The third kappa shape index (κ3) is 3.87. The molecule has 1 spiro atoms. The van der Waals surface area contributed by atoms with Crippen LogP contribution >= 0.6 is 0 Å². The summed E-state index contributed by atoms with van der Waals surface area (Å²) in [6.07, 6.45) is 0.536. The molecule has 1 aromatic carbocycles. The quantitative estimate of drug-likeness (QED) is 0.758. The summed E-state index contributed by atoms with van der Waals surface area (Å²) >= 11 is 0. The number of nitrogens with two attached hydrogens (primary N) is 1. The zero-order valence-electron chi connectivity index (χ0n) is 12.8. The summed E-state index contributed by atoms with van der Waals surface area (Å²) in [4.78, 5) is 0. The summed E-state index contributed by atoms with van der Waals surface area (Å²) in [7, 11) is 0. The molecule has 23 heavy (non-hydrogen) atoms. The highest BCUT2D eigenvalue weighted by atomic mass is 19.1. The van der Waals surface area contributed by atoms with Crippen molar-refractivity contribution in [3.05, 3.63) is 35.4 Å². The van der Waals surface area contributed by atoms with Crippen molar-refractivity contribution in [1.82, 2.24) is 5.32 Å². The fourth-order valence-corrected chi connectivity index (χ4v) is 3.38. The SMILES string of the molecule is NC(Cc1cc(F)cc(F)c1)C(O)C1CC2(CCN1)OCCO2. The average molecular weight is 328 g/mol. The summed E-state index contributed by atoms with van der Waals surface area (Å²) in [5.74, 6) is -1.94. The van der Waals surface area contributed by atoms with E-state index in [4.69, 9.17) is 15.2 Å². The monoisotopic (exact) mass is 328 g/mol. The molecule has 2 saturated heterocycles. The molecule has 0 saturated carbocycles. The fourth-order valence-electron chi connectivity index (χ4n) is 3.38. The number of hydrogen-bond donors (Lipinski definition) is 3. The Morgan fingerprint density at radius 2 is 1.91 bits per heavy atom. The molecule has 2 fully saturated rings. The van der Waals surface area contributed by atoms with Crippen molar-refractivity contribution in [2.75, 3.05) is 19.8 Å². The van der Waals surface area contributed by atoms with Gasteiger partial charge in [0.2, 0.25) is 0 Å². The molecule has 128 valence electrons. The van der Waals surface area contributed by atoms with Gasteiger partial charge in [-0.25, -0.2) is 8.78 Å². The molecule has 0 aliphatic carbocycles. The maximum atomic E-state index is 13.2. The fraction of sp³-hybridized carbons (Fsp3) is 0.625. The second-order valence-corrected chi connectivity index (χ2v) is 6.26. The number of aliphatic hydroxyl groups is 1. The van der Waals surface area contributed by atoms with Crippen LogP contribution in [0.5, 0.6) is 0 Å². The molecule has 3 unspecified atom stereocenters. The van der Waals surface area contributed by atoms with Crippen LogP contribution in [0.3, 0.4) is 0 Å². The maximum absolute atomic E-state index is 13.2. The van der Waals surface area contributed by atoms with Crippen molar-refractivity contribution in [2.24, 2.45) is 5.73 Å². The Hall–Kier alpha value is -1.12. The Bertz CT molecular complexity index is 532. The first-order valence-electron chi connectivity index (χ1n) is 7.87. The summed E-state index contributed by atoms with van der Waals surface area (Å²) in [5.41, 5.74) is 6.47. The van der Waals surface area contributed by atoms with Gasteiger partial charge in [0, 0.05) is 37.5 Å². The van der Waals surface area contributed by atoms with Gasteiger partial charge in [-0.1, -0.05) is 0 Å². The molecule has 2 aliphatic heterocycles. The van der Waals surface area contributed by atoms with E-state index >= 15 is 0 Å². The number of rotatable bonds is 4. The molecule has 1 aromatic rings. The van der Waals surface area contributed by atoms with Gasteiger partial charge in [0.1, 0.15) is 11.6 Å². The predicted octanol–water partition coefficient (Wildman–Crippen LogP) is 0.691. The van der Waals surface area contributed by atoms with Crippen molar-refractivity contribution in [3.63, 3.8) is 0 Å². The van der Waals surface area contributed by atoms with Crippen LogP contribution in [0, 0.1) is 11.6 Å².